The Hall–Kier alpha value is -3.39. The Labute approximate surface area is 193 Å². The van der Waals surface area contributed by atoms with Crippen LogP contribution in [-0.4, -0.2) is 46.8 Å². The lowest BCUT2D eigenvalue weighted by molar-refractivity contribution is -0.121. The van der Waals surface area contributed by atoms with Gasteiger partial charge in [-0.2, -0.15) is 0 Å². The first-order valence-electron chi connectivity index (χ1n) is 11.3. The summed E-state index contributed by atoms with van der Waals surface area (Å²) in [6.07, 6.45) is 1.94. The summed E-state index contributed by atoms with van der Waals surface area (Å²) < 4.78 is 5.87. The van der Waals surface area contributed by atoms with Crippen molar-refractivity contribution in [2.75, 3.05) is 25.5 Å². The van der Waals surface area contributed by atoms with Crippen LogP contribution >= 0.6 is 0 Å². The number of benzene rings is 1. The minimum atomic E-state index is -0.178. The SMILES string of the molecule is Cc1cc(C)c(C(=O)NCc2nc(-c3cccc(NC(=O)C4CCCN(C)C4)c3)oc2C)[nH]1. The van der Waals surface area contributed by atoms with Crippen LogP contribution in [-0.2, 0) is 11.3 Å². The monoisotopic (exact) mass is 449 g/mol. The van der Waals surface area contributed by atoms with Crippen molar-refractivity contribution >= 4 is 17.5 Å². The van der Waals surface area contributed by atoms with Gasteiger partial charge in [0.05, 0.1) is 12.5 Å². The third-order valence-electron chi connectivity index (χ3n) is 6.06. The molecule has 1 aromatic carbocycles. The number of nitrogens with one attached hydrogen (secondary N) is 3. The van der Waals surface area contributed by atoms with E-state index in [2.05, 4.69) is 25.5 Å². The van der Waals surface area contributed by atoms with Gasteiger partial charge in [-0.3, -0.25) is 9.59 Å². The summed E-state index contributed by atoms with van der Waals surface area (Å²) in [5.41, 5.74) is 4.56. The van der Waals surface area contributed by atoms with Crippen LogP contribution in [0.25, 0.3) is 11.5 Å². The highest BCUT2D eigenvalue weighted by Crippen LogP contribution is 2.25. The maximum atomic E-state index is 12.7. The average molecular weight is 450 g/mol. The fourth-order valence-electron chi connectivity index (χ4n) is 4.29. The minimum absolute atomic E-state index is 0.00121. The highest BCUT2D eigenvalue weighted by molar-refractivity contribution is 5.94. The molecule has 1 aliphatic heterocycles. The Morgan fingerprint density at radius 1 is 1.24 bits per heavy atom. The van der Waals surface area contributed by atoms with Crippen LogP contribution in [0.3, 0.4) is 0 Å². The van der Waals surface area contributed by atoms with E-state index in [9.17, 15) is 9.59 Å². The van der Waals surface area contributed by atoms with Crippen LogP contribution in [0, 0.1) is 26.7 Å². The molecule has 3 heterocycles. The third-order valence-corrected chi connectivity index (χ3v) is 6.06. The second-order valence-corrected chi connectivity index (χ2v) is 8.89. The van der Waals surface area contributed by atoms with Crippen LogP contribution < -0.4 is 10.6 Å². The fraction of sp³-hybridized carbons (Fsp3) is 0.400. The second kappa shape index (κ2) is 9.62. The standard InChI is InChI=1S/C25H31N5O3/c1-15-11-16(2)27-22(15)24(32)26-13-21-17(3)33-25(29-21)18-7-5-9-20(12-18)28-23(31)19-8-6-10-30(4)14-19/h5,7,9,11-12,19,27H,6,8,10,13-14H2,1-4H3,(H,26,32)(H,28,31). The second-order valence-electron chi connectivity index (χ2n) is 8.89. The normalized spacial score (nSPS) is 16.5. The number of oxazole rings is 1. The van der Waals surface area contributed by atoms with E-state index in [-0.39, 0.29) is 24.3 Å². The van der Waals surface area contributed by atoms with E-state index in [1.54, 1.807) is 0 Å². The summed E-state index contributed by atoms with van der Waals surface area (Å²) in [4.78, 5) is 35.0. The Morgan fingerprint density at radius 3 is 2.79 bits per heavy atom. The van der Waals surface area contributed by atoms with Gasteiger partial charge < -0.3 is 24.9 Å². The molecule has 0 radical (unpaired) electrons. The van der Waals surface area contributed by atoms with Crippen molar-refractivity contribution in [1.29, 1.82) is 0 Å². The number of likely N-dealkylation sites (tertiary alicyclic amines) is 1. The van der Waals surface area contributed by atoms with E-state index in [1.165, 1.54) is 0 Å². The van der Waals surface area contributed by atoms with Gasteiger partial charge in [0.25, 0.3) is 5.91 Å². The summed E-state index contributed by atoms with van der Waals surface area (Å²) in [5, 5.41) is 5.93. The first kappa shape index (κ1) is 22.8. The van der Waals surface area contributed by atoms with Crippen molar-refractivity contribution in [1.82, 2.24) is 20.2 Å². The van der Waals surface area contributed by atoms with Gasteiger partial charge in [0.2, 0.25) is 11.8 Å². The molecule has 4 rings (SSSR count). The zero-order valence-electron chi connectivity index (χ0n) is 19.6. The van der Waals surface area contributed by atoms with Gasteiger partial charge in [-0.05, 0) is 77.0 Å². The summed E-state index contributed by atoms with van der Waals surface area (Å²) in [7, 11) is 2.05. The van der Waals surface area contributed by atoms with E-state index in [1.807, 2.05) is 58.2 Å². The molecule has 0 saturated carbocycles. The van der Waals surface area contributed by atoms with Crippen molar-refractivity contribution in [2.45, 2.75) is 40.2 Å². The Kier molecular flexibility index (Phi) is 6.65. The molecule has 0 aliphatic carbocycles. The van der Waals surface area contributed by atoms with Crippen molar-refractivity contribution in [3.8, 4) is 11.5 Å². The molecule has 1 aliphatic rings. The van der Waals surface area contributed by atoms with Gasteiger partial charge >= 0.3 is 0 Å². The number of nitrogens with zero attached hydrogens (tertiary/aromatic N) is 2. The quantitative estimate of drug-likeness (QED) is 0.531. The van der Waals surface area contributed by atoms with Crippen molar-refractivity contribution in [3.05, 3.63) is 58.7 Å². The molecular weight excluding hydrogens is 418 g/mol. The molecule has 0 spiro atoms. The van der Waals surface area contributed by atoms with Crippen LogP contribution in [0.2, 0.25) is 0 Å². The highest BCUT2D eigenvalue weighted by Gasteiger charge is 2.24. The fourth-order valence-corrected chi connectivity index (χ4v) is 4.29. The predicted octanol–water partition coefficient (Wildman–Crippen LogP) is 3.81. The Balaban J connectivity index is 1.42. The van der Waals surface area contributed by atoms with Crippen molar-refractivity contribution in [2.24, 2.45) is 5.92 Å². The Morgan fingerprint density at radius 2 is 2.06 bits per heavy atom. The lowest BCUT2D eigenvalue weighted by Crippen LogP contribution is -2.38. The zero-order valence-corrected chi connectivity index (χ0v) is 19.6. The zero-order chi connectivity index (χ0) is 23.5. The maximum Gasteiger partial charge on any atom is 0.268 e. The number of hydrogen-bond donors (Lipinski definition) is 3. The molecule has 8 heteroatoms. The smallest absolute Gasteiger partial charge is 0.268 e. The number of piperidine rings is 1. The molecule has 33 heavy (non-hydrogen) atoms. The number of aromatic nitrogens is 2. The number of H-pyrrole nitrogens is 1. The van der Waals surface area contributed by atoms with Crippen LogP contribution in [0.15, 0.2) is 34.7 Å². The molecule has 1 fully saturated rings. The molecule has 1 atom stereocenters. The molecule has 3 aromatic rings. The van der Waals surface area contributed by atoms with Gasteiger partial charge in [-0.1, -0.05) is 6.07 Å². The number of aromatic amines is 1. The highest BCUT2D eigenvalue weighted by atomic mass is 16.4. The average Bonchev–Trinajstić information content (AvgIpc) is 3.33. The first-order valence-corrected chi connectivity index (χ1v) is 11.3. The molecular formula is C25H31N5O3. The predicted molar refractivity (Wildman–Crippen MR) is 127 cm³/mol. The van der Waals surface area contributed by atoms with E-state index >= 15 is 0 Å². The Bertz CT molecular complexity index is 1160. The van der Waals surface area contributed by atoms with E-state index in [4.69, 9.17) is 4.42 Å². The van der Waals surface area contributed by atoms with E-state index in [0.717, 1.165) is 42.8 Å². The van der Waals surface area contributed by atoms with Crippen LogP contribution in [0.4, 0.5) is 5.69 Å². The summed E-state index contributed by atoms with van der Waals surface area (Å²) >= 11 is 0. The number of anilines is 1. The minimum Gasteiger partial charge on any atom is -0.441 e. The molecule has 1 unspecified atom stereocenters. The van der Waals surface area contributed by atoms with Crippen LogP contribution in [0.5, 0.6) is 0 Å². The summed E-state index contributed by atoms with van der Waals surface area (Å²) in [5.74, 6) is 0.961. The van der Waals surface area contributed by atoms with Gasteiger partial charge in [0, 0.05) is 23.5 Å². The number of carbonyl (C=O) groups excluding carboxylic acids is 2. The summed E-state index contributed by atoms with van der Waals surface area (Å²) in [6.45, 7) is 7.72. The van der Waals surface area contributed by atoms with E-state index < -0.39 is 0 Å². The molecule has 2 amide bonds. The first-order chi connectivity index (χ1) is 15.8. The lowest BCUT2D eigenvalue weighted by atomic mass is 9.97. The molecule has 3 N–H and O–H groups in total. The summed E-state index contributed by atoms with van der Waals surface area (Å²) in [6, 6.07) is 9.43. The lowest BCUT2D eigenvalue weighted by Gasteiger charge is -2.28. The van der Waals surface area contributed by atoms with Crippen LogP contribution in [0.1, 0.15) is 46.0 Å². The molecule has 1 saturated heterocycles. The number of amides is 2. The van der Waals surface area contributed by atoms with Crippen molar-refractivity contribution in [3.63, 3.8) is 0 Å². The van der Waals surface area contributed by atoms with Gasteiger partial charge in [0.1, 0.15) is 17.1 Å². The molecule has 2 aromatic heterocycles. The molecule has 174 valence electrons. The molecule has 0 bridgehead atoms. The third kappa shape index (κ3) is 5.34. The number of rotatable bonds is 6. The van der Waals surface area contributed by atoms with Gasteiger partial charge in [-0.15, -0.1) is 0 Å². The largest absolute Gasteiger partial charge is 0.441 e. The number of aryl methyl sites for hydroxylation is 3. The maximum absolute atomic E-state index is 12.7. The van der Waals surface area contributed by atoms with Crippen molar-refractivity contribution < 1.29 is 14.0 Å². The molecule has 8 nitrogen and oxygen atoms in total. The number of carbonyl (C=O) groups is 2. The van der Waals surface area contributed by atoms with E-state index in [0.29, 0.717) is 28.7 Å². The number of hydrogen-bond acceptors (Lipinski definition) is 5. The van der Waals surface area contributed by atoms with Gasteiger partial charge in [-0.25, -0.2) is 4.98 Å². The topological polar surface area (TPSA) is 103 Å². The van der Waals surface area contributed by atoms with Gasteiger partial charge in [0.15, 0.2) is 0 Å².